The Labute approximate surface area is 113 Å². The third-order valence-electron chi connectivity index (χ3n) is 2.38. The molecule has 1 aromatic heterocycles. The molecule has 0 radical (unpaired) electrons. The van der Waals surface area contributed by atoms with Crippen molar-refractivity contribution in [2.75, 3.05) is 7.11 Å². The van der Waals surface area contributed by atoms with E-state index in [1.54, 1.807) is 13.0 Å². The molecule has 0 spiro atoms. The minimum atomic E-state index is -0.691. The van der Waals surface area contributed by atoms with Gasteiger partial charge in [-0.2, -0.15) is 9.97 Å². The van der Waals surface area contributed by atoms with Gasteiger partial charge in [0.15, 0.2) is 0 Å². The zero-order valence-electron chi connectivity index (χ0n) is 10.7. The number of hydrogen-bond donors (Lipinski definition) is 1. The van der Waals surface area contributed by atoms with Crippen LogP contribution in [0.4, 0.5) is 5.69 Å². The van der Waals surface area contributed by atoms with E-state index < -0.39 is 10.6 Å². The van der Waals surface area contributed by atoms with Gasteiger partial charge < -0.3 is 14.6 Å². The van der Waals surface area contributed by atoms with Gasteiger partial charge in [0, 0.05) is 6.07 Å². The van der Waals surface area contributed by atoms with E-state index in [-0.39, 0.29) is 23.3 Å². The summed E-state index contributed by atoms with van der Waals surface area (Å²) in [6.45, 7) is 1.75. The lowest BCUT2D eigenvalue weighted by molar-refractivity contribution is -0.387. The summed E-state index contributed by atoms with van der Waals surface area (Å²) >= 11 is 0. The predicted octanol–water partition coefficient (Wildman–Crippen LogP) is 2.20. The van der Waals surface area contributed by atoms with Crippen molar-refractivity contribution >= 4 is 5.69 Å². The second kappa shape index (κ2) is 5.39. The second-order valence-electron chi connectivity index (χ2n) is 3.90. The highest BCUT2D eigenvalue weighted by atomic mass is 16.6. The van der Waals surface area contributed by atoms with Gasteiger partial charge >= 0.3 is 17.4 Å². The minimum absolute atomic E-state index is 0.0105. The smallest absolute Gasteiger partial charge is 0.392 e. The molecule has 1 heterocycles. The molecular formula is C12H11N3O5. The van der Waals surface area contributed by atoms with E-state index in [0.29, 0.717) is 0 Å². The molecule has 0 bridgehead atoms. The Morgan fingerprint density at radius 1 is 1.25 bits per heavy atom. The van der Waals surface area contributed by atoms with Gasteiger partial charge in [-0.05, 0) is 24.6 Å². The third-order valence-corrected chi connectivity index (χ3v) is 2.38. The van der Waals surface area contributed by atoms with Crippen LogP contribution in [0.3, 0.4) is 0 Å². The van der Waals surface area contributed by atoms with Crippen LogP contribution in [0.2, 0.25) is 0 Å². The van der Waals surface area contributed by atoms with Crippen LogP contribution >= 0.6 is 0 Å². The first-order valence-corrected chi connectivity index (χ1v) is 5.53. The molecule has 8 heteroatoms. The van der Waals surface area contributed by atoms with Gasteiger partial charge in [-0.3, -0.25) is 10.1 Å². The number of methoxy groups -OCH3 is 1. The molecule has 1 N–H and O–H groups in total. The van der Waals surface area contributed by atoms with E-state index >= 15 is 0 Å². The first kappa shape index (κ1) is 13.5. The number of rotatable bonds is 4. The van der Waals surface area contributed by atoms with Crippen molar-refractivity contribution in [3.63, 3.8) is 0 Å². The SMILES string of the molecule is COc1ncnc(Oc2cc(C)cc(O)c2)c1[N+](=O)[O-]. The van der Waals surface area contributed by atoms with Gasteiger partial charge in [-0.1, -0.05) is 0 Å². The lowest BCUT2D eigenvalue weighted by Gasteiger charge is -2.07. The summed E-state index contributed by atoms with van der Waals surface area (Å²) in [7, 11) is 1.26. The molecule has 1 aromatic carbocycles. The maximum absolute atomic E-state index is 11.0. The summed E-state index contributed by atoms with van der Waals surface area (Å²) in [5.74, 6) is -0.237. The van der Waals surface area contributed by atoms with E-state index in [9.17, 15) is 15.2 Å². The number of hydrogen-bond acceptors (Lipinski definition) is 7. The molecule has 0 aliphatic carbocycles. The minimum Gasteiger partial charge on any atom is -0.508 e. The van der Waals surface area contributed by atoms with Crippen LogP contribution in [0, 0.1) is 17.0 Å². The number of ether oxygens (including phenoxy) is 2. The molecule has 0 fully saturated rings. The normalized spacial score (nSPS) is 10.1. The van der Waals surface area contributed by atoms with Crippen molar-refractivity contribution in [1.82, 2.24) is 9.97 Å². The largest absolute Gasteiger partial charge is 0.508 e. The summed E-state index contributed by atoms with van der Waals surface area (Å²) in [6, 6.07) is 4.46. The van der Waals surface area contributed by atoms with Crippen molar-refractivity contribution in [1.29, 1.82) is 0 Å². The lowest BCUT2D eigenvalue weighted by atomic mass is 10.2. The number of nitro groups is 1. The average Bonchev–Trinajstić information content (AvgIpc) is 2.36. The summed E-state index contributed by atoms with van der Waals surface area (Å²) in [6.07, 6.45) is 1.09. The summed E-state index contributed by atoms with van der Waals surface area (Å²) in [5, 5.41) is 20.5. The maximum atomic E-state index is 11.0. The van der Waals surface area contributed by atoms with Crippen LogP contribution in [-0.2, 0) is 0 Å². The van der Waals surface area contributed by atoms with E-state index in [4.69, 9.17) is 9.47 Å². The summed E-state index contributed by atoms with van der Waals surface area (Å²) < 4.78 is 10.2. The van der Waals surface area contributed by atoms with Crippen molar-refractivity contribution in [3.05, 3.63) is 40.2 Å². The summed E-state index contributed by atoms with van der Waals surface area (Å²) in [4.78, 5) is 17.7. The van der Waals surface area contributed by atoms with Crippen molar-refractivity contribution in [2.24, 2.45) is 0 Å². The van der Waals surface area contributed by atoms with Crippen LogP contribution in [0.25, 0.3) is 0 Å². The lowest BCUT2D eigenvalue weighted by Crippen LogP contribution is -2.01. The quantitative estimate of drug-likeness (QED) is 0.674. The first-order valence-electron chi connectivity index (χ1n) is 5.53. The second-order valence-corrected chi connectivity index (χ2v) is 3.90. The molecule has 2 rings (SSSR count). The third kappa shape index (κ3) is 2.74. The number of aryl methyl sites for hydroxylation is 1. The Balaban J connectivity index is 2.45. The molecular weight excluding hydrogens is 266 g/mol. The monoisotopic (exact) mass is 277 g/mol. The van der Waals surface area contributed by atoms with Crippen LogP contribution < -0.4 is 9.47 Å². The van der Waals surface area contributed by atoms with Crippen LogP contribution in [0.1, 0.15) is 5.56 Å². The van der Waals surface area contributed by atoms with Crippen molar-refractivity contribution in [3.8, 4) is 23.3 Å². The number of phenols is 1. The van der Waals surface area contributed by atoms with Gasteiger partial charge in [0.05, 0.1) is 12.0 Å². The van der Waals surface area contributed by atoms with Gasteiger partial charge in [0.1, 0.15) is 17.8 Å². The molecule has 8 nitrogen and oxygen atoms in total. The fraction of sp³-hybridized carbons (Fsp3) is 0.167. The Morgan fingerprint density at radius 3 is 2.55 bits per heavy atom. The van der Waals surface area contributed by atoms with Gasteiger partial charge in [-0.15, -0.1) is 0 Å². The Kier molecular flexibility index (Phi) is 3.65. The predicted molar refractivity (Wildman–Crippen MR) is 68.2 cm³/mol. The van der Waals surface area contributed by atoms with Gasteiger partial charge in [-0.25, -0.2) is 0 Å². The number of aromatic hydroxyl groups is 1. The zero-order valence-corrected chi connectivity index (χ0v) is 10.7. The molecule has 104 valence electrons. The molecule has 0 aliphatic heterocycles. The molecule has 0 saturated heterocycles. The van der Waals surface area contributed by atoms with E-state index in [1.165, 1.54) is 19.2 Å². The highest BCUT2D eigenvalue weighted by molar-refractivity contribution is 5.51. The maximum Gasteiger partial charge on any atom is 0.392 e. The molecule has 2 aromatic rings. The Hall–Kier alpha value is -2.90. The number of nitrogens with zero attached hydrogens (tertiary/aromatic N) is 3. The zero-order chi connectivity index (χ0) is 14.7. The Bertz CT molecular complexity index is 639. The highest BCUT2D eigenvalue weighted by Gasteiger charge is 2.26. The average molecular weight is 277 g/mol. The fourth-order valence-electron chi connectivity index (χ4n) is 1.63. The highest BCUT2D eigenvalue weighted by Crippen LogP contribution is 2.36. The molecule has 0 saturated carbocycles. The van der Waals surface area contributed by atoms with E-state index in [2.05, 4.69) is 9.97 Å². The Morgan fingerprint density at radius 2 is 1.95 bits per heavy atom. The van der Waals surface area contributed by atoms with E-state index in [0.717, 1.165) is 11.9 Å². The fourth-order valence-corrected chi connectivity index (χ4v) is 1.63. The molecule has 0 atom stereocenters. The summed E-state index contributed by atoms with van der Waals surface area (Å²) in [5.41, 5.74) is 0.264. The van der Waals surface area contributed by atoms with Gasteiger partial charge in [0.2, 0.25) is 0 Å². The van der Waals surface area contributed by atoms with Crippen LogP contribution in [-0.4, -0.2) is 27.1 Å². The van der Waals surface area contributed by atoms with Crippen LogP contribution in [0.5, 0.6) is 23.3 Å². The molecule has 20 heavy (non-hydrogen) atoms. The van der Waals surface area contributed by atoms with E-state index in [1.807, 2.05) is 0 Å². The number of benzene rings is 1. The number of aromatic nitrogens is 2. The molecule has 0 amide bonds. The van der Waals surface area contributed by atoms with Crippen LogP contribution in [0.15, 0.2) is 24.5 Å². The molecule has 0 unspecified atom stereocenters. The van der Waals surface area contributed by atoms with Crippen molar-refractivity contribution in [2.45, 2.75) is 6.92 Å². The first-order chi connectivity index (χ1) is 9.51. The molecule has 0 aliphatic rings. The topological polar surface area (TPSA) is 108 Å². The van der Waals surface area contributed by atoms with Gasteiger partial charge in [0.25, 0.3) is 0 Å². The number of phenolic OH excluding ortho intramolecular Hbond substituents is 1. The van der Waals surface area contributed by atoms with Crippen molar-refractivity contribution < 1.29 is 19.5 Å². The standard InChI is InChI=1S/C12H11N3O5/c1-7-3-8(16)5-9(4-7)20-12-10(15(17)18)11(19-2)13-6-14-12/h3-6,16H,1-2H3.